The zero-order chi connectivity index (χ0) is 17.5. The molecule has 3 saturated heterocycles. The van der Waals surface area contributed by atoms with Crippen molar-refractivity contribution in [2.24, 2.45) is 5.92 Å². The van der Waals surface area contributed by atoms with Crippen LogP contribution in [0, 0.1) is 5.92 Å². The van der Waals surface area contributed by atoms with E-state index in [1.54, 1.807) is 0 Å². The van der Waals surface area contributed by atoms with Crippen molar-refractivity contribution < 1.29 is 4.79 Å². The lowest BCUT2D eigenvalue weighted by Crippen LogP contribution is -2.57. The lowest BCUT2D eigenvalue weighted by atomic mass is 9.83. The molecule has 1 atom stereocenters. The molecule has 1 amide bonds. The second-order valence-electron chi connectivity index (χ2n) is 8.43. The molecule has 1 aromatic carbocycles. The largest absolute Gasteiger partial charge is 0.346 e. The fourth-order valence-electron chi connectivity index (χ4n) is 5.27. The lowest BCUT2D eigenvalue weighted by molar-refractivity contribution is 0.0618. The summed E-state index contributed by atoms with van der Waals surface area (Å²) in [5.41, 5.74) is 2.93. The van der Waals surface area contributed by atoms with Crippen molar-refractivity contribution in [2.75, 3.05) is 19.6 Å². The van der Waals surface area contributed by atoms with Gasteiger partial charge in [0.1, 0.15) is 0 Å². The smallest absolute Gasteiger partial charge is 0.272 e. The van der Waals surface area contributed by atoms with Crippen LogP contribution in [-0.4, -0.2) is 46.7 Å². The van der Waals surface area contributed by atoms with E-state index in [2.05, 4.69) is 38.6 Å². The maximum Gasteiger partial charge on any atom is 0.272 e. The van der Waals surface area contributed by atoms with Crippen LogP contribution in [0.3, 0.4) is 0 Å². The fourth-order valence-corrected chi connectivity index (χ4v) is 5.27. The van der Waals surface area contributed by atoms with Crippen LogP contribution < -0.4 is 5.32 Å². The number of hydrogen-bond donors (Lipinski definition) is 2. The SMILES string of the molecule is O=C(NC1CN2CCC1CC2)c1n[nH]c2cc(C3CCCCC3)ccc12. The number of nitrogens with zero attached hydrogens (tertiary/aromatic N) is 2. The number of aromatic nitrogens is 2. The number of nitrogens with one attached hydrogen (secondary N) is 2. The minimum absolute atomic E-state index is 0.0274. The number of carbonyl (C=O) groups is 1. The van der Waals surface area contributed by atoms with Gasteiger partial charge in [0, 0.05) is 18.0 Å². The summed E-state index contributed by atoms with van der Waals surface area (Å²) in [7, 11) is 0. The van der Waals surface area contributed by atoms with Crippen molar-refractivity contribution in [1.82, 2.24) is 20.4 Å². The van der Waals surface area contributed by atoms with E-state index in [0.29, 0.717) is 17.5 Å². The normalized spacial score (nSPS) is 29.2. The zero-order valence-electron chi connectivity index (χ0n) is 15.3. The number of rotatable bonds is 3. The molecule has 138 valence electrons. The third kappa shape index (κ3) is 2.92. The summed E-state index contributed by atoms with van der Waals surface area (Å²) in [6, 6.07) is 6.79. The van der Waals surface area contributed by atoms with Crippen LogP contribution in [0.15, 0.2) is 18.2 Å². The van der Waals surface area contributed by atoms with Gasteiger partial charge in [-0.2, -0.15) is 5.10 Å². The van der Waals surface area contributed by atoms with E-state index in [1.807, 2.05) is 0 Å². The number of aromatic amines is 1. The first-order valence-corrected chi connectivity index (χ1v) is 10.3. The van der Waals surface area contributed by atoms with E-state index in [-0.39, 0.29) is 11.9 Å². The molecule has 1 saturated carbocycles. The molecule has 26 heavy (non-hydrogen) atoms. The van der Waals surface area contributed by atoms with Gasteiger partial charge in [-0.1, -0.05) is 31.4 Å². The summed E-state index contributed by atoms with van der Waals surface area (Å²) >= 11 is 0. The Morgan fingerprint density at radius 1 is 1.12 bits per heavy atom. The monoisotopic (exact) mass is 352 g/mol. The first-order chi connectivity index (χ1) is 12.8. The molecule has 1 aromatic heterocycles. The molecule has 5 heteroatoms. The maximum absolute atomic E-state index is 12.8. The molecule has 5 nitrogen and oxygen atoms in total. The van der Waals surface area contributed by atoms with E-state index in [0.717, 1.165) is 17.4 Å². The highest BCUT2D eigenvalue weighted by Crippen LogP contribution is 2.34. The van der Waals surface area contributed by atoms with Crippen molar-refractivity contribution in [1.29, 1.82) is 0 Å². The summed E-state index contributed by atoms with van der Waals surface area (Å²) in [6.07, 6.45) is 9.01. The fraction of sp³-hybridized carbons (Fsp3) is 0.619. The first kappa shape index (κ1) is 16.3. The van der Waals surface area contributed by atoms with Gasteiger partial charge in [0.05, 0.1) is 5.52 Å². The Kier molecular flexibility index (Phi) is 4.20. The topological polar surface area (TPSA) is 61.0 Å². The minimum atomic E-state index is -0.0274. The quantitative estimate of drug-likeness (QED) is 0.890. The Morgan fingerprint density at radius 2 is 1.92 bits per heavy atom. The second kappa shape index (κ2) is 6.69. The number of H-pyrrole nitrogens is 1. The highest BCUT2D eigenvalue weighted by atomic mass is 16.2. The summed E-state index contributed by atoms with van der Waals surface area (Å²) in [6.45, 7) is 3.36. The van der Waals surface area contributed by atoms with Crippen molar-refractivity contribution in [2.45, 2.75) is 56.9 Å². The molecule has 0 spiro atoms. The van der Waals surface area contributed by atoms with Crippen LogP contribution >= 0.6 is 0 Å². The molecule has 4 fully saturated rings. The molecular formula is C21H28N4O. The van der Waals surface area contributed by atoms with Gasteiger partial charge in [-0.3, -0.25) is 9.89 Å². The van der Waals surface area contributed by atoms with Crippen molar-refractivity contribution in [3.05, 3.63) is 29.5 Å². The third-order valence-corrected chi connectivity index (χ3v) is 6.85. The van der Waals surface area contributed by atoms with E-state index < -0.39 is 0 Å². The Morgan fingerprint density at radius 3 is 2.65 bits per heavy atom. The molecule has 1 unspecified atom stereocenters. The van der Waals surface area contributed by atoms with Crippen LogP contribution in [0.1, 0.15) is 66.9 Å². The molecule has 2 N–H and O–H groups in total. The number of amides is 1. The van der Waals surface area contributed by atoms with Crippen molar-refractivity contribution in [3.63, 3.8) is 0 Å². The first-order valence-electron chi connectivity index (χ1n) is 10.3. The summed E-state index contributed by atoms with van der Waals surface area (Å²) < 4.78 is 0. The third-order valence-electron chi connectivity index (χ3n) is 6.85. The van der Waals surface area contributed by atoms with Crippen LogP contribution in [0.2, 0.25) is 0 Å². The van der Waals surface area contributed by atoms with Gasteiger partial charge >= 0.3 is 0 Å². The Hall–Kier alpha value is -1.88. The second-order valence-corrected chi connectivity index (χ2v) is 8.43. The highest BCUT2D eigenvalue weighted by Gasteiger charge is 2.35. The number of carbonyl (C=O) groups excluding carboxylic acids is 1. The van der Waals surface area contributed by atoms with E-state index in [4.69, 9.17) is 0 Å². The van der Waals surface area contributed by atoms with Crippen molar-refractivity contribution in [3.8, 4) is 0 Å². The van der Waals surface area contributed by atoms with Gasteiger partial charge in [-0.25, -0.2) is 0 Å². The molecule has 0 radical (unpaired) electrons. The van der Waals surface area contributed by atoms with E-state index in [9.17, 15) is 4.79 Å². The number of piperidine rings is 3. The zero-order valence-corrected chi connectivity index (χ0v) is 15.3. The van der Waals surface area contributed by atoms with E-state index in [1.165, 1.54) is 63.6 Å². The predicted octanol–water partition coefficient (Wildman–Crippen LogP) is 3.43. The molecule has 6 rings (SSSR count). The van der Waals surface area contributed by atoms with Gasteiger partial charge in [-0.15, -0.1) is 0 Å². The van der Waals surface area contributed by atoms with Gasteiger partial charge in [0.15, 0.2) is 5.69 Å². The molecule has 3 aliphatic heterocycles. The highest BCUT2D eigenvalue weighted by molar-refractivity contribution is 6.04. The molecular weight excluding hydrogens is 324 g/mol. The number of fused-ring (bicyclic) bond motifs is 4. The Labute approximate surface area is 154 Å². The molecule has 2 aromatic rings. The van der Waals surface area contributed by atoms with E-state index >= 15 is 0 Å². The van der Waals surface area contributed by atoms with Gasteiger partial charge in [0.25, 0.3) is 5.91 Å². The molecule has 1 aliphatic carbocycles. The van der Waals surface area contributed by atoms with Crippen LogP contribution in [0.5, 0.6) is 0 Å². The minimum Gasteiger partial charge on any atom is -0.346 e. The maximum atomic E-state index is 12.8. The summed E-state index contributed by atoms with van der Waals surface area (Å²) in [4.78, 5) is 15.3. The predicted molar refractivity (Wildman–Crippen MR) is 102 cm³/mol. The molecule has 4 aliphatic rings. The van der Waals surface area contributed by atoms with Crippen LogP contribution in [-0.2, 0) is 0 Å². The van der Waals surface area contributed by atoms with Crippen molar-refractivity contribution >= 4 is 16.8 Å². The lowest BCUT2D eigenvalue weighted by Gasteiger charge is -2.44. The standard InChI is InChI=1S/C21H28N4O/c26-21(22-19-13-25-10-8-15(19)9-11-25)20-17-7-6-16(12-18(17)23-24-20)14-4-2-1-3-5-14/h6-7,12,14-15,19H,1-5,8-11,13H2,(H,22,26)(H,23,24). The van der Waals surface area contributed by atoms with Gasteiger partial charge in [0.2, 0.25) is 0 Å². The number of benzene rings is 1. The molecule has 4 heterocycles. The summed E-state index contributed by atoms with van der Waals surface area (Å²) in [5.74, 6) is 1.27. The number of hydrogen-bond acceptors (Lipinski definition) is 3. The average Bonchev–Trinajstić information content (AvgIpc) is 3.13. The van der Waals surface area contributed by atoms with Crippen LogP contribution in [0.25, 0.3) is 10.9 Å². The van der Waals surface area contributed by atoms with Crippen LogP contribution in [0.4, 0.5) is 0 Å². The Bertz CT molecular complexity index is 799. The Balaban J connectivity index is 1.34. The molecule has 2 bridgehead atoms. The van der Waals surface area contributed by atoms with Gasteiger partial charge in [-0.05, 0) is 62.2 Å². The van der Waals surface area contributed by atoms with Gasteiger partial charge < -0.3 is 10.2 Å². The average molecular weight is 352 g/mol. The summed E-state index contributed by atoms with van der Waals surface area (Å²) in [5, 5.41) is 11.7.